The summed E-state index contributed by atoms with van der Waals surface area (Å²) in [6.45, 7) is 1.20. The van der Waals surface area contributed by atoms with Crippen molar-refractivity contribution in [3.63, 3.8) is 0 Å². The molecule has 2 heterocycles. The van der Waals surface area contributed by atoms with Crippen molar-refractivity contribution in [3.8, 4) is 0 Å². The summed E-state index contributed by atoms with van der Waals surface area (Å²) >= 11 is 0. The van der Waals surface area contributed by atoms with Gasteiger partial charge in [0.2, 0.25) is 5.95 Å². The molecule has 23 heavy (non-hydrogen) atoms. The first kappa shape index (κ1) is 15.8. The van der Waals surface area contributed by atoms with Gasteiger partial charge in [-0.2, -0.15) is 0 Å². The zero-order valence-electron chi connectivity index (χ0n) is 13.4. The van der Waals surface area contributed by atoms with Crippen LogP contribution in [0.25, 0.3) is 0 Å². The monoisotopic (exact) mass is 316 g/mol. The van der Waals surface area contributed by atoms with Gasteiger partial charge in [-0.1, -0.05) is 12.1 Å². The maximum absolute atomic E-state index is 13.5. The molecule has 1 N–H and O–H groups in total. The number of nitrogens with zero attached hydrogens (tertiary/aromatic N) is 4. The van der Waals surface area contributed by atoms with E-state index in [9.17, 15) is 9.50 Å². The molecule has 2 atom stereocenters. The minimum atomic E-state index is -0.398. The van der Waals surface area contributed by atoms with Crippen molar-refractivity contribution in [2.45, 2.75) is 25.1 Å². The quantitative estimate of drug-likeness (QED) is 0.935. The zero-order chi connectivity index (χ0) is 16.4. The fourth-order valence-corrected chi connectivity index (χ4v) is 3.01. The SMILES string of the molecule is CN(C)c1ncc(CN2C[C@@H](O)C[C@H]2c2cccc(F)c2)cn1. The summed E-state index contributed by atoms with van der Waals surface area (Å²) in [7, 11) is 3.79. The lowest BCUT2D eigenvalue weighted by atomic mass is 10.0. The summed E-state index contributed by atoms with van der Waals surface area (Å²) in [5, 5.41) is 10.0. The number of anilines is 1. The van der Waals surface area contributed by atoms with Crippen molar-refractivity contribution in [2.24, 2.45) is 0 Å². The van der Waals surface area contributed by atoms with E-state index in [4.69, 9.17) is 0 Å². The average molecular weight is 316 g/mol. The van der Waals surface area contributed by atoms with Crippen LogP contribution in [0, 0.1) is 5.82 Å². The number of hydrogen-bond acceptors (Lipinski definition) is 5. The molecule has 0 bridgehead atoms. The van der Waals surface area contributed by atoms with Gasteiger partial charge in [-0.25, -0.2) is 14.4 Å². The molecule has 3 rings (SSSR count). The number of rotatable bonds is 4. The van der Waals surface area contributed by atoms with Crippen LogP contribution in [0.3, 0.4) is 0 Å². The minimum Gasteiger partial charge on any atom is -0.392 e. The van der Waals surface area contributed by atoms with Gasteiger partial charge < -0.3 is 10.0 Å². The molecule has 1 fully saturated rings. The van der Waals surface area contributed by atoms with Gasteiger partial charge in [-0.15, -0.1) is 0 Å². The van der Waals surface area contributed by atoms with E-state index in [2.05, 4.69) is 14.9 Å². The van der Waals surface area contributed by atoms with Crippen LogP contribution in [0.15, 0.2) is 36.7 Å². The van der Waals surface area contributed by atoms with Gasteiger partial charge in [0.25, 0.3) is 0 Å². The second kappa shape index (κ2) is 6.60. The highest BCUT2D eigenvalue weighted by molar-refractivity contribution is 5.27. The summed E-state index contributed by atoms with van der Waals surface area (Å²) in [4.78, 5) is 12.6. The van der Waals surface area contributed by atoms with Gasteiger partial charge >= 0.3 is 0 Å². The number of aromatic nitrogens is 2. The highest BCUT2D eigenvalue weighted by Gasteiger charge is 2.32. The molecule has 1 aliphatic heterocycles. The van der Waals surface area contributed by atoms with Crippen LogP contribution in [0.1, 0.15) is 23.6 Å². The predicted octanol–water partition coefficient (Wildman–Crippen LogP) is 1.99. The van der Waals surface area contributed by atoms with Crippen molar-refractivity contribution in [3.05, 3.63) is 53.6 Å². The third-order valence-corrected chi connectivity index (χ3v) is 4.09. The number of aliphatic hydroxyl groups excluding tert-OH is 1. The summed E-state index contributed by atoms with van der Waals surface area (Å²) in [6.07, 6.45) is 3.82. The molecular formula is C17H21FN4O. The first-order valence-electron chi connectivity index (χ1n) is 7.69. The Bertz CT molecular complexity index is 662. The minimum absolute atomic E-state index is 0.00854. The van der Waals surface area contributed by atoms with Gasteiger partial charge in [0.05, 0.1) is 6.10 Å². The fourth-order valence-electron chi connectivity index (χ4n) is 3.01. The van der Waals surface area contributed by atoms with Crippen molar-refractivity contribution in [1.82, 2.24) is 14.9 Å². The Kier molecular flexibility index (Phi) is 4.54. The first-order valence-corrected chi connectivity index (χ1v) is 7.69. The molecule has 122 valence electrons. The first-order chi connectivity index (χ1) is 11.0. The molecule has 0 saturated carbocycles. The van der Waals surface area contributed by atoms with Gasteiger partial charge in [0.15, 0.2) is 0 Å². The second-order valence-electron chi connectivity index (χ2n) is 6.18. The van der Waals surface area contributed by atoms with Gasteiger partial charge in [-0.3, -0.25) is 4.90 Å². The molecule has 0 radical (unpaired) electrons. The van der Waals surface area contributed by atoms with Gasteiger partial charge in [0, 0.05) is 51.2 Å². The largest absolute Gasteiger partial charge is 0.392 e. The maximum atomic E-state index is 13.5. The van der Waals surface area contributed by atoms with E-state index in [1.54, 1.807) is 24.5 Å². The normalized spacial score (nSPS) is 21.6. The zero-order valence-corrected chi connectivity index (χ0v) is 13.4. The molecule has 6 heteroatoms. The molecule has 1 saturated heterocycles. The second-order valence-corrected chi connectivity index (χ2v) is 6.18. The van der Waals surface area contributed by atoms with Crippen LogP contribution in [-0.2, 0) is 6.54 Å². The van der Waals surface area contributed by atoms with Crippen LogP contribution in [0.5, 0.6) is 0 Å². The topological polar surface area (TPSA) is 52.5 Å². The van der Waals surface area contributed by atoms with Gasteiger partial charge in [0.1, 0.15) is 5.82 Å². The molecule has 0 unspecified atom stereocenters. The Morgan fingerprint density at radius 1 is 1.30 bits per heavy atom. The predicted molar refractivity (Wildman–Crippen MR) is 86.5 cm³/mol. The molecule has 1 aromatic carbocycles. The highest BCUT2D eigenvalue weighted by Crippen LogP contribution is 2.33. The third-order valence-electron chi connectivity index (χ3n) is 4.09. The van der Waals surface area contributed by atoms with Crippen molar-refractivity contribution in [2.75, 3.05) is 25.5 Å². The Morgan fingerprint density at radius 2 is 2.04 bits per heavy atom. The lowest BCUT2D eigenvalue weighted by molar-refractivity contribution is 0.172. The average Bonchev–Trinajstić information content (AvgIpc) is 2.88. The number of halogens is 1. The molecule has 1 aliphatic rings. The lowest BCUT2D eigenvalue weighted by Crippen LogP contribution is -2.24. The molecule has 0 spiro atoms. The fraction of sp³-hybridized carbons (Fsp3) is 0.412. The molecular weight excluding hydrogens is 295 g/mol. The van der Waals surface area contributed by atoms with E-state index in [0.717, 1.165) is 11.1 Å². The van der Waals surface area contributed by atoms with E-state index < -0.39 is 6.10 Å². The van der Waals surface area contributed by atoms with Crippen molar-refractivity contribution in [1.29, 1.82) is 0 Å². The summed E-state index contributed by atoms with van der Waals surface area (Å²) < 4.78 is 13.5. The number of benzene rings is 1. The third kappa shape index (κ3) is 3.65. The van der Waals surface area contributed by atoms with Crippen molar-refractivity contribution >= 4 is 5.95 Å². The Morgan fingerprint density at radius 3 is 2.70 bits per heavy atom. The van der Waals surface area contributed by atoms with Crippen LogP contribution in [0.4, 0.5) is 10.3 Å². The van der Waals surface area contributed by atoms with E-state index >= 15 is 0 Å². The summed E-state index contributed by atoms with van der Waals surface area (Å²) in [5.41, 5.74) is 1.87. The number of β-amino-alcohol motifs (C(OH)–C–C–N with tert-alkyl or cyclic N) is 1. The Balaban J connectivity index is 1.77. The maximum Gasteiger partial charge on any atom is 0.224 e. The van der Waals surface area contributed by atoms with E-state index in [1.165, 1.54) is 6.07 Å². The van der Waals surface area contributed by atoms with E-state index in [1.807, 2.05) is 25.1 Å². The highest BCUT2D eigenvalue weighted by atomic mass is 19.1. The number of aliphatic hydroxyl groups is 1. The van der Waals surface area contributed by atoms with Gasteiger partial charge in [-0.05, 0) is 24.1 Å². The van der Waals surface area contributed by atoms with E-state index in [0.29, 0.717) is 25.5 Å². The standard InChI is InChI=1S/C17H21FN4O/c1-21(2)17-19-8-12(9-20-17)10-22-11-15(23)7-16(22)13-4-3-5-14(18)6-13/h3-6,8-9,15-16,23H,7,10-11H2,1-2H3/t15-,16-/m0/s1. The van der Waals surface area contributed by atoms with Crippen LogP contribution >= 0.6 is 0 Å². The Hall–Kier alpha value is -2.05. The smallest absolute Gasteiger partial charge is 0.224 e. The van der Waals surface area contributed by atoms with Crippen LogP contribution in [0.2, 0.25) is 0 Å². The molecule has 5 nitrogen and oxygen atoms in total. The number of hydrogen-bond donors (Lipinski definition) is 1. The lowest BCUT2D eigenvalue weighted by Gasteiger charge is -2.24. The number of likely N-dealkylation sites (tertiary alicyclic amines) is 1. The molecule has 0 aliphatic carbocycles. The van der Waals surface area contributed by atoms with Crippen LogP contribution < -0.4 is 4.90 Å². The van der Waals surface area contributed by atoms with E-state index in [-0.39, 0.29) is 11.9 Å². The molecule has 2 aromatic rings. The molecule has 1 aromatic heterocycles. The molecule has 0 amide bonds. The summed E-state index contributed by atoms with van der Waals surface area (Å²) in [5.74, 6) is 0.416. The Labute approximate surface area is 135 Å². The van der Waals surface area contributed by atoms with Crippen molar-refractivity contribution < 1.29 is 9.50 Å². The van der Waals surface area contributed by atoms with Crippen LogP contribution in [-0.4, -0.2) is 46.7 Å². The summed E-state index contributed by atoms with van der Waals surface area (Å²) in [6, 6.07) is 6.61.